The van der Waals surface area contributed by atoms with Gasteiger partial charge in [-0.25, -0.2) is 0 Å². The first-order chi connectivity index (χ1) is 16.3. The summed E-state index contributed by atoms with van der Waals surface area (Å²) in [5, 5.41) is 19.5. The molecule has 0 saturated heterocycles. The van der Waals surface area contributed by atoms with Gasteiger partial charge < -0.3 is 5.32 Å². The fourth-order valence-corrected chi connectivity index (χ4v) is 5.82. The van der Waals surface area contributed by atoms with E-state index >= 15 is 0 Å². The van der Waals surface area contributed by atoms with E-state index in [-0.39, 0.29) is 0 Å². The zero-order valence-corrected chi connectivity index (χ0v) is 17.9. The lowest BCUT2D eigenvalue weighted by Gasteiger charge is -2.15. The topological polar surface area (TPSA) is 12.0 Å². The zero-order valence-electron chi connectivity index (χ0n) is 17.9. The molecule has 0 aliphatic carbocycles. The zero-order chi connectivity index (χ0) is 21.5. The molecule has 0 amide bonds. The fourth-order valence-electron chi connectivity index (χ4n) is 5.82. The lowest BCUT2D eigenvalue weighted by Crippen LogP contribution is -1.93. The Bertz CT molecular complexity index is 1720. The molecule has 152 valence electrons. The van der Waals surface area contributed by atoms with Crippen LogP contribution in [0.5, 0.6) is 0 Å². The van der Waals surface area contributed by atoms with Gasteiger partial charge in [-0.2, -0.15) is 0 Å². The Kier molecular flexibility index (Phi) is 3.19. The molecule has 0 heterocycles. The average molecular weight is 418 g/mol. The van der Waals surface area contributed by atoms with Crippen LogP contribution in [-0.2, 0) is 0 Å². The molecule has 0 aliphatic rings. The molecule has 0 unspecified atom stereocenters. The lowest BCUT2D eigenvalue weighted by atomic mass is 9.93. The SMILES string of the molecule is c1cc2ccc3cc(Nc4cc5ccc6cccc7ccc(c4)c5c67)cc4ccc(c1)c2c34. The van der Waals surface area contributed by atoms with E-state index < -0.39 is 0 Å². The van der Waals surface area contributed by atoms with Crippen molar-refractivity contribution in [1.82, 2.24) is 0 Å². The molecule has 1 N–H and O–H groups in total. The third-order valence-electron chi connectivity index (χ3n) is 7.22. The highest BCUT2D eigenvalue weighted by Crippen LogP contribution is 2.39. The van der Waals surface area contributed by atoms with Crippen LogP contribution in [0.25, 0.3) is 64.6 Å². The Hall–Kier alpha value is -4.36. The number of anilines is 2. The first kappa shape index (κ1) is 17.2. The maximum Gasteiger partial charge on any atom is 0.0396 e. The summed E-state index contributed by atoms with van der Waals surface area (Å²) < 4.78 is 0. The molecule has 0 atom stereocenters. The van der Waals surface area contributed by atoms with Crippen LogP contribution in [0.15, 0.2) is 109 Å². The van der Waals surface area contributed by atoms with Crippen LogP contribution in [0.2, 0.25) is 0 Å². The Labute approximate surface area is 190 Å². The van der Waals surface area contributed by atoms with Crippen molar-refractivity contribution in [3.05, 3.63) is 109 Å². The molecule has 0 bridgehead atoms. The van der Waals surface area contributed by atoms with E-state index in [1.54, 1.807) is 0 Å². The number of hydrogen-bond donors (Lipinski definition) is 1. The van der Waals surface area contributed by atoms with Crippen LogP contribution in [0.1, 0.15) is 0 Å². The molecular formula is C32H19N. The van der Waals surface area contributed by atoms with E-state index in [2.05, 4.69) is 115 Å². The number of nitrogens with one attached hydrogen (secondary N) is 1. The van der Waals surface area contributed by atoms with Gasteiger partial charge >= 0.3 is 0 Å². The molecule has 33 heavy (non-hydrogen) atoms. The second kappa shape index (κ2) is 6.11. The number of rotatable bonds is 2. The first-order valence-electron chi connectivity index (χ1n) is 11.4. The second-order valence-corrected chi connectivity index (χ2v) is 9.14. The van der Waals surface area contributed by atoms with Crippen LogP contribution < -0.4 is 5.32 Å². The van der Waals surface area contributed by atoms with Gasteiger partial charge in [0.1, 0.15) is 0 Å². The van der Waals surface area contributed by atoms with Crippen molar-refractivity contribution in [2.24, 2.45) is 0 Å². The van der Waals surface area contributed by atoms with Crippen molar-refractivity contribution in [2.45, 2.75) is 0 Å². The monoisotopic (exact) mass is 417 g/mol. The summed E-state index contributed by atoms with van der Waals surface area (Å²) >= 11 is 0. The lowest BCUT2D eigenvalue weighted by molar-refractivity contribution is 1.61. The fraction of sp³-hybridized carbons (Fsp3) is 0. The van der Waals surface area contributed by atoms with Crippen molar-refractivity contribution in [2.75, 3.05) is 5.32 Å². The largest absolute Gasteiger partial charge is 0.355 e. The molecule has 1 heteroatoms. The van der Waals surface area contributed by atoms with Gasteiger partial charge in [-0.05, 0) is 88.9 Å². The van der Waals surface area contributed by atoms with Gasteiger partial charge in [0.25, 0.3) is 0 Å². The molecule has 0 spiro atoms. The van der Waals surface area contributed by atoms with Crippen LogP contribution >= 0.6 is 0 Å². The van der Waals surface area contributed by atoms with E-state index in [9.17, 15) is 0 Å². The van der Waals surface area contributed by atoms with Gasteiger partial charge in [0, 0.05) is 11.4 Å². The third-order valence-corrected chi connectivity index (χ3v) is 7.22. The molecule has 0 aromatic heterocycles. The van der Waals surface area contributed by atoms with Crippen molar-refractivity contribution in [1.29, 1.82) is 0 Å². The maximum absolute atomic E-state index is 3.71. The molecule has 8 rings (SSSR count). The van der Waals surface area contributed by atoms with Crippen LogP contribution in [-0.4, -0.2) is 0 Å². The molecule has 8 aromatic rings. The van der Waals surface area contributed by atoms with Crippen LogP contribution in [0.3, 0.4) is 0 Å². The maximum atomic E-state index is 3.71. The van der Waals surface area contributed by atoms with E-state index in [0.717, 1.165) is 11.4 Å². The van der Waals surface area contributed by atoms with Crippen LogP contribution in [0, 0.1) is 0 Å². The highest BCUT2D eigenvalue weighted by molar-refractivity contribution is 6.25. The van der Waals surface area contributed by atoms with Gasteiger partial charge in [-0.3, -0.25) is 0 Å². The predicted octanol–water partition coefficient (Wildman–Crippen LogP) is 9.22. The summed E-state index contributed by atoms with van der Waals surface area (Å²) in [4.78, 5) is 0. The van der Waals surface area contributed by atoms with Crippen molar-refractivity contribution in [3.63, 3.8) is 0 Å². The van der Waals surface area contributed by atoms with Gasteiger partial charge in [0.15, 0.2) is 0 Å². The standard InChI is InChI=1S/C32H19N/c1-3-19-7-11-23-15-27(16-24-12-8-20(4-1)29(19)31(23)24)33-28-17-25-13-9-21-5-2-6-22-10-14-26(18-28)32(25)30(21)22/h1-18,33H. The summed E-state index contributed by atoms with van der Waals surface area (Å²) in [5.41, 5.74) is 2.24. The van der Waals surface area contributed by atoms with E-state index in [1.807, 2.05) is 0 Å². The molecule has 0 radical (unpaired) electrons. The highest BCUT2D eigenvalue weighted by Gasteiger charge is 2.11. The summed E-state index contributed by atoms with van der Waals surface area (Å²) in [7, 11) is 0. The average Bonchev–Trinajstić information content (AvgIpc) is 2.85. The van der Waals surface area contributed by atoms with E-state index in [0.29, 0.717) is 0 Å². The van der Waals surface area contributed by atoms with Crippen molar-refractivity contribution < 1.29 is 0 Å². The van der Waals surface area contributed by atoms with Gasteiger partial charge in [0.05, 0.1) is 0 Å². The minimum absolute atomic E-state index is 1.12. The van der Waals surface area contributed by atoms with E-state index in [4.69, 9.17) is 0 Å². The molecule has 8 aromatic carbocycles. The summed E-state index contributed by atoms with van der Waals surface area (Å²) in [6.45, 7) is 0. The van der Waals surface area contributed by atoms with Crippen LogP contribution in [0.4, 0.5) is 11.4 Å². The second-order valence-electron chi connectivity index (χ2n) is 9.14. The molecule has 1 nitrogen and oxygen atoms in total. The number of benzene rings is 8. The summed E-state index contributed by atoms with van der Waals surface area (Å²) in [5.74, 6) is 0. The van der Waals surface area contributed by atoms with Crippen molar-refractivity contribution in [3.8, 4) is 0 Å². The third kappa shape index (κ3) is 2.37. The van der Waals surface area contributed by atoms with Gasteiger partial charge in [-0.1, -0.05) is 84.9 Å². The minimum atomic E-state index is 1.12. The molecule has 0 aliphatic heterocycles. The quantitative estimate of drug-likeness (QED) is 0.276. The summed E-state index contributed by atoms with van der Waals surface area (Å²) in [6, 6.07) is 40.1. The Morgan fingerprint density at radius 1 is 0.303 bits per heavy atom. The minimum Gasteiger partial charge on any atom is -0.355 e. The Morgan fingerprint density at radius 3 is 0.909 bits per heavy atom. The smallest absolute Gasteiger partial charge is 0.0396 e. The molecular weight excluding hydrogens is 398 g/mol. The first-order valence-corrected chi connectivity index (χ1v) is 11.4. The Morgan fingerprint density at radius 2 is 0.576 bits per heavy atom. The van der Waals surface area contributed by atoms with Gasteiger partial charge in [-0.15, -0.1) is 0 Å². The van der Waals surface area contributed by atoms with Gasteiger partial charge in [0.2, 0.25) is 0 Å². The highest BCUT2D eigenvalue weighted by atomic mass is 14.9. The van der Waals surface area contributed by atoms with E-state index in [1.165, 1.54) is 64.6 Å². The Balaban J connectivity index is 1.32. The summed E-state index contributed by atoms with van der Waals surface area (Å²) in [6.07, 6.45) is 0. The number of hydrogen-bond acceptors (Lipinski definition) is 1. The molecule has 0 saturated carbocycles. The predicted molar refractivity (Wildman–Crippen MR) is 144 cm³/mol. The van der Waals surface area contributed by atoms with Crippen molar-refractivity contribution >= 4 is 76.0 Å². The molecule has 0 fully saturated rings. The normalized spacial score (nSPS) is 12.2.